The number of carbonyl (C=O) groups excluding carboxylic acids is 2. The summed E-state index contributed by atoms with van der Waals surface area (Å²) in [4.78, 5) is 26.4. The number of amides is 2. The van der Waals surface area contributed by atoms with Crippen LogP contribution in [0.3, 0.4) is 0 Å². The van der Waals surface area contributed by atoms with Crippen LogP contribution >= 0.6 is 0 Å². The van der Waals surface area contributed by atoms with Gasteiger partial charge in [0.05, 0.1) is 7.11 Å². The van der Waals surface area contributed by atoms with E-state index in [9.17, 15) is 9.59 Å². The molecule has 0 unspecified atom stereocenters. The van der Waals surface area contributed by atoms with Gasteiger partial charge in [-0.3, -0.25) is 9.59 Å². The van der Waals surface area contributed by atoms with E-state index >= 15 is 0 Å². The second-order valence-electron chi connectivity index (χ2n) is 6.91. The molecule has 1 aliphatic heterocycles. The Hall–Kier alpha value is -3.02. The molecule has 2 aromatic rings. The number of hydrogen-bond donors (Lipinski definition) is 2. The third kappa shape index (κ3) is 5.49. The van der Waals surface area contributed by atoms with Crippen molar-refractivity contribution in [3.63, 3.8) is 0 Å². The topological polar surface area (TPSA) is 70.7 Å². The molecule has 0 spiro atoms. The van der Waals surface area contributed by atoms with E-state index in [1.54, 1.807) is 31.4 Å². The molecule has 148 valence electrons. The Morgan fingerprint density at radius 2 is 1.75 bits per heavy atom. The molecule has 0 saturated carbocycles. The summed E-state index contributed by atoms with van der Waals surface area (Å²) in [5.74, 6) is -0.715. The van der Waals surface area contributed by atoms with Crippen molar-refractivity contribution < 1.29 is 14.3 Å². The number of nitrogens with zero attached hydrogens (tertiary/aromatic N) is 1. The molecule has 1 aliphatic rings. The first-order chi connectivity index (χ1) is 13.7. The Kier molecular flexibility index (Phi) is 6.89. The van der Waals surface area contributed by atoms with E-state index in [0.717, 1.165) is 18.7 Å². The Labute approximate surface area is 165 Å². The minimum absolute atomic E-state index is 0.410. The van der Waals surface area contributed by atoms with E-state index in [1.807, 2.05) is 0 Å². The van der Waals surface area contributed by atoms with Gasteiger partial charge >= 0.3 is 11.8 Å². The second-order valence-corrected chi connectivity index (χ2v) is 6.91. The smallest absolute Gasteiger partial charge is 0.313 e. The first-order valence-electron chi connectivity index (χ1n) is 9.73. The summed E-state index contributed by atoms with van der Waals surface area (Å²) in [5, 5.41) is 5.24. The lowest BCUT2D eigenvalue weighted by atomic mass is 10.1. The molecule has 3 rings (SSSR count). The van der Waals surface area contributed by atoms with Gasteiger partial charge in [-0.15, -0.1) is 0 Å². The maximum atomic E-state index is 12.0. The van der Waals surface area contributed by atoms with Gasteiger partial charge in [0.1, 0.15) is 5.75 Å². The molecular formula is C22H27N3O3. The average molecular weight is 381 g/mol. The summed E-state index contributed by atoms with van der Waals surface area (Å²) in [6.07, 6.45) is 4.51. The lowest BCUT2D eigenvalue weighted by molar-refractivity contribution is -0.136. The van der Waals surface area contributed by atoms with Gasteiger partial charge in [0.2, 0.25) is 0 Å². The van der Waals surface area contributed by atoms with Crippen molar-refractivity contribution in [3.8, 4) is 5.75 Å². The van der Waals surface area contributed by atoms with Gasteiger partial charge in [0.15, 0.2) is 0 Å². The number of anilines is 2. The maximum absolute atomic E-state index is 12.0. The van der Waals surface area contributed by atoms with Crippen molar-refractivity contribution in [2.45, 2.75) is 25.7 Å². The van der Waals surface area contributed by atoms with Gasteiger partial charge in [-0.2, -0.15) is 0 Å². The SMILES string of the molecule is COc1cccc(NC(=O)C(=O)NCCc2ccc(N3CCCCC3)cc2)c1. The molecule has 1 saturated heterocycles. The largest absolute Gasteiger partial charge is 0.497 e. The van der Waals surface area contributed by atoms with Crippen LogP contribution in [0.2, 0.25) is 0 Å². The molecule has 28 heavy (non-hydrogen) atoms. The van der Waals surface area contributed by atoms with E-state index in [1.165, 1.54) is 24.9 Å². The lowest BCUT2D eigenvalue weighted by Gasteiger charge is -2.28. The minimum Gasteiger partial charge on any atom is -0.497 e. The minimum atomic E-state index is -0.686. The van der Waals surface area contributed by atoms with Crippen LogP contribution in [-0.4, -0.2) is 38.6 Å². The van der Waals surface area contributed by atoms with Crippen LogP contribution in [0.5, 0.6) is 5.75 Å². The monoisotopic (exact) mass is 381 g/mol. The average Bonchev–Trinajstić information content (AvgIpc) is 2.75. The normalized spacial score (nSPS) is 13.7. The highest BCUT2D eigenvalue weighted by atomic mass is 16.5. The number of benzene rings is 2. The van der Waals surface area contributed by atoms with Crippen LogP contribution in [0.1, 0.15) is 24.8 Å². The predicted octanol–water partition coefficient (Wildman–Crippen LogP) is 2.98. The van der Waals surface area contributed by atoms with Gasteiger partial charge in [0, 0.05) is 37.1 Å². The highest BCUT2D eigenvalue weighted by molar-refractivity contribution is 6.39. The Morgan fingerprint density at radius 1 is 1.00 bits per heavy atom. The molecule has 0 bridgehead atoms. The summed E-state index contributed by atoms with van der Waals surface area (Å²) in [6, 6.07) is 15.3. The van der Waals surface area contributed by atoms with Gasteiger partial charge in [-0.1, -0.05) is 18.2 Å². The first kappa shape index (κ1) is 19.7. The molecular weight excluding hydrogens is 354 g/mol. The highest BCUT2D eigenvalue weighted by Gasteiger charge is 2.14. The second kappa shape index (κ2) is 9.78. The number of nitrogens with one attached hydrogen (secondary N) is 2. The summed E-state index contributed by atoms with van der Waals surface area (Å²) in [7, 11) is 1.55. The third-order valence-corrected chi connectivity index (χ3v) is 4.89. The van der Waals surface area contributed by atoms with E-state index in [0.29, 0.717) is 24.4 Å². The fraction of sp³-hybridized carbons (Fsp3) is 0.364. The lowest BCUT2D eigenvalue weighted by Crippen LogP contribution is -2.36. The van der Waals surface area contributed by atoms with Crippen LogP contribution in [0, 0.1) is 0 Å². The summed E-state index contributed by atoms with van der Waals surface area (Å²) < 4.78 is 5.10. The number of rotatable bonds is 6. The molecule has 6 heteroatoms. The number of hydrogen-bond acceptors (Lipinski definition) is 4. The van der Waals surface area contributed by atoms with Crippen molar-refractivity contribution >= 4 is 23.2 Å². The summed E-state index contributed by atoms with van der Waals surface area (Å²) in [6.45, 7) is 2.66. The highest BCUT2D eigenvalue weighted by Crippen LogP contribution is 2.20. The van der Waals surface area contributed by atoms with Crippen molar-refractivity contribution in [2.24, 2.45) is 0 Å². The maximum Gasteiger partial charge on any atom is 0.313 e. The van der Waals surface area contributed by atoms with E-state index in [4.69, 9.17) is 4.74 Å². The number of carbonyl (C=O) groups is 2. The Balaban J connectivity index is 1.43. The summed E-state index contributed by atoms with van der Waals surface area (Å²) in [5.41, 5.74) is 2.91. The molecule has 2 amide bonds. The van der Waals surface area contributed by atoms with Crippen LogP contribution in [0.4, 0.5) is 11.4 Å². The number of methoxy groups -OCH3 is 1. The van der Waals surface area contributed by atoms with E-state index in [-0.39, 0.29) is 0 Å². The zero-order valence-electron chi connectivity index (χ0n) is 16.2. The van der Waals surface area contributed by atoms with Crippen molar-refractivity contribution in [1.29, 1.82) is 0 Å². The molecule has 1 fully saturated rings. The molecule has 2 N–H and O–H groups in total. The zero-order valence-corrected chi connectivity index (χ0v) is 16.2. The van der Waals surface area contributed by atoms with Crippen molar-refractivity contribution in [3.05, 3.63) is 54.1 Å². The van der Waals surface area contributed by atoms with Crippen LogP contribution in [0.15, 0.2) is 48.5 Å². The Morgan fingerprint density at radius 3 is 2.46 bits per heavy atom. The molecule has 2 aromatic carbocycles. The standard InChI is InChI=1S/C22H27N3O3/c1-28-20-7-5-6-18(16-20)24-22(27)21(26)23-13-12-17-8-10-19(11-9-17)25-14-3-2-4-15-25/h5-11,16H,2-4,12-15H2,1H3,(H,23,26)(H,24,27). The molecule has 0 radical (unpaired) electrons. The molecule has 6 nitrogen and oxygen atoms in total. The van der Waals surface area contributed by atoms with Gasteiger partial charge in [0.25, 0.3) is 0 Å². The fourth-order valence-electron chi connectivity index (χ4n) is 3.31. The van der Waals surface area contributed by atoms with Crippen molar-refractivity contribution in [1.82, 2.24) is 5.32 Å². The fourth-order valence-corrected chi connectivity index (χ4v) is 3.31. The van der Waals surface area contributed by atoms with Crippen LogP contribution in [-0.2, 0) is 16.0 Å². The zero-order chi connectivity index (χ0) is 19.8. The van der Waals surface area contributed by atoms with Gasteiger partial charge < -0.3 is 20.3 Å². The molecule has 0 atom stereocenters. The molecule has 0 aliphatic carbocycles. The van der Waals surface area contributed by atoms with Crippen LogP contribution < -0.4 is 20.3 Å². The third-order valence-electron chi connectivity index (χ3n) is 4.89. The number of ether oxygens (including phenoxy) is 1. The van der Waals surface area contributed by atoms with Crippen LogP contribution in [0.25, 0.3) is 0 Å². The van der Waals surface area contributed by atoms with E-state index in [2.05, 4.69) is 39.8 Å². The first-order valence-corrected chi connectivity index (χ1v) is 9.73. The molecule has 1 heterocycles. The van der Waals surface area contributed by atoms with Gasteiger partial charge in [-0.05, 0) is 55.5 Å². The van der Waals surface area contributed by atoms with Gasteiger partial charge in [-0.25, -0.2) is 0 Å². The summed E-state index contributed by atoms with van der Waals surface area (Å²) >= 11 is 0. The predicted molar refractivity (Wildman–Crippen MR) is 111 cm³/mol. The van der Waals surface area contributed by atoms with Crippen molar-refractivity contribution in [2.75, 3.05) is 37.0 Å². The molecule has 0 aromatic heterocycles. The quantitative estimate of drug-likeness (QED) is 0.755. The number of piperidine rings is 1. The Bertz CT molecular complexity index is 799. The van der Waals surface area contributed by atoms with E-state index < -0.39 is 11.8 Å².